The van der Waals surface area contributed by atoms with Crippen LogP contribution < -0.4 is 11.1 Å². The topological polar surface area (TPSA) is 115 Å². The van der Waals surface area contributed by atoms with Crippen LogP contribution in [0.3, 0.4) is 0 Å². The highest BCUT2D eigenvalue weighted by atomic mass is 19.4. The van der Waals surface area contributed by atoms with Gasteiger partial charge in [0.05, 0.1) is 23.3 Å². The summed E-state index contributed by atoms with van der Waals surface area (Å²) in [5.74, 6) is -2.30. The van der Waals surface area contributed by atoms with Crippen molar-refractivity contribution in [2.75, 3.05) is 17.7 Å². The summed E-state index contributed by atoms with van der Waals surface area (Å²) in [7, 11) is 0. The Morgan fingerprint density at radius 3 is 2.57 bits per heavy atom. The quantitative estimate of drug-likeness (QED) is 0.501. The van der Waals surface area contributed by atoms with Crippen LogP contribution >= 0.6 is 0 Å². The van der Waals surface area contributed by atoms with Gasteiger partial charge in [0.1, 0.15) is 23.6 Å². The molecule has 0 bridgehead atoms. The van der Waals surface area contributed by atoms with Gasteiger partial charge in [-0.25, -0.2) is 9.67 Å². The molecule has 1 aromatic carbocycles. The Morgan fingerprint density at radius 2 is 1.86 bits per heavy atom. The lowest BCUT2D eigenvalue weighted by Gasteiger charge is -2.42. The molecule has 9 nitrogen and oxygen atoms in total. The predicted octanol–water partition coefficient (Wildman–Crippen LogP) is 4.34. The van der Waals surface area contributed by atoms with Gasteiger partial charge in [-0.15, -0.1) is 0 Å². The maximum atomic E-state index is 14.0. The molecule has 12 heteroatoms. The second-order valence-corrected chi connectivity index (χ2v) is 9.33. The number of pyridine rings is 1. The zero-order chi connectivity index (χ0) is 26.2. The van der Waals surface area contributed by atoms with E-state index in [1.807, 2.05) is 0 Å². The number of hydrogen-bond acceptors (Lipinski definition) is 6. The summed E-state index contributed by atoms with van der Waals surface area (Å²) in [5.41, 5.74) is 6.90. The first-order chi connectivity index (χ1) is 17.7. The van der Waals surface area contributed by atoms with Crippen molar-refractivity contribution >= 4 is 34.2 Å². The molecule has 2 saturated heterocycles. The number of ether oxygens (including phenoxy) is 1. The molecule has 0 aliphatic carbocycles. The largest absolute Gasteiger partial charge is 0.408 e. The maximum Gasteiger partial charge on any atom is 0.408 e. The van der Waals surface area contributed by atoms with E-state index in [9.17, 15) is 22.8 Å². The number of likely N-dealkylation sites (tertiary alicyclic amines) is 1. The first-order valence-corrected chi connectivity index (χ1v) is 12.2. The fourth-order valence-corrected chi connectivity index (χ4v) is 5.11. The number of hydrogen-bond donors (Lipinski definition) is 2. The molecule has 2 fully saturated rings. The van der Waals surface area contributed by atoms with Gasteiger partial charge >= 0.3 is 18.0 Å². The third-order valence-electron chi connectivity index (χ3n) is 6.91. The van der Waals surface area contributed by atoms with Crippen LogP contribution in [0, 0.1) is 0 Å². The molecule has 196 valence electrons. The van der Waals surface area contributed by atoms with E-state index in [1.165, 1.54) is 6.20 Å². The predicted molar refractivity (Wildman–Crippen MR) is 129 cm³/mol. The Balaban J connectivity index is 1.45. The molecule has 2 aliphatic rings. The van der Waals surface area contributed by atoms with E-state index in [0.29, 0.717) is 28.9 Å². The Kier molecular flexibility index (Phi) is 6.76. The molecule has 3 N–H and O–H groups in total. The van der Waals surface area contributed by atoms with Crippen molar-refractivity contribution in [2.45, 2.75) is 63.0 Å². The number of nitrogens with zero attached hydrogens (tertiary/aromatic N) is 4. The van der Waals surface area contributed by atoms with Crippen molar-refractivity contribution in [3.8, 4) is 0 Å². The molecule has 2 aliphatic heterocycles. The Labute approximate surface area is 210 Å². The molecule has 3 atom stereocenters. The number of halogens is 3. The highest BCUT2D eigenvalue weighted by molar-refractivity contribution is 6.40. The molecular formula is C25H27F3N6O3. The summed E-state index contributed by atoms with van der Waals surface area (Å²) in [6.07, 6.45) is 0.885. The van der Waals surface area contributed by atoms with Crippen molar-refractivity contribution < 1.29 is 27.5 Å². The highest BCUT2D eigenvalue weighted by Crippen LogP contribution is 2.41. The van der Waals surface area contributed by atoms with Crippen molar-refractivity contribution in [3.05, 3.63) is 48.3 Å². The Morgan fingerprint density at radius 1 is 1.08 bits per heavy atom. The first kappa shape index (κ1) is 25.0. The van der Waals surface area contributed by atoms with Crippen molar-refractivity contribution in [3.63, 3.8) is 0 Å². The number of benzene rings is 1. The summed E-state index contributed by atoms with van der Waals surface area (Å²) in [6.45, 7) is 0.589. The number of rotatable bonds is 3. The molecule has 2 amide bonds. The standard InChI is InChI=1S/C25H27F3N6O3/c26-25(27,28)19-10-6-9-18(15-7-2-1-3-8-15)34(19)24(36)23(35)31-17-13-30-22(29)16-14-33(32-21(16)17)20-11-4-5-12-37-20/h1-3,7-8,13-14,18-20H,4-6,9-12H2,(H2,29,30)(H,31,35)/t18-,19+,20?/m0/s1. The summed E-state index contributed by atoms with van der Waals surface area (Å²) < 4.78 is 49.3. The monoisotopic (exact) mass is 516 g/mol. The van der Waals surface area contributed by atoms with E-state index in [-0.39, 0.29) is 36.1 Å². The molecule has 2 aromatic heterocycles. The number of piperidine rings is 1. The van der Waals surface area contributed by atoms with Crippen LogP contribution in [-0.2, 0) is 14.3 Å². The summed E-state index contributed by atoms with van der Waals surface area (Å²) >= 11 is 0. The number of alkyl halides is 3. The SMILES string of the molecule is Nc1ncc(NC(=O)C(=O)N2[C@H](c3ccccc3)CCC[C@@H]2C(F)(F)F)c2nn(C3CCCCO3)cc12. The molecule has 0 saturated carbocycles. The van der Waals surface area contributed by atoms with Gasteiger partial charge in [-0.05, 0) is 44.1 Å². The second kappa shape index (κ2) is 10.0. The van der Waals surface area contributed by atoms with Crippen molar-refractivity contribution in [1.82, 2.24) is 19.7 Å². The molecule has 5 rings (SSSR count). The summed E-state index contributed by atoms with van der Waals surface area (Å²) in [6, 6.07) is 5.49. The molecule has 1 unspecified atom stereocenters. The number of anilines is 2. The number of nitrogens with one attached hydrogen (secondary N) is 1. The Hall–Kier alpha value is -3.67. The van der Waals surface area contributed by atoms with Crippen LogP contribution in [0.4, 0.5) is 24.7 Å². The minimum atomic E-state index is -4.68. The minimum absolute atomic E-state index is 0.0777. The first-order valence-electron chi connectivity index (χ1n) is 12.2. The van der Waals surface area contributed by atoms with E-state index < -0.39 is 30.1 Å². The number of carbonyl (C=O) groups excluding carboxylic acids is 2. The average Bonchev–Trinajstić information content (AvgIpc) is 3.37. The highest BCUT2D eigenvalue weighted by Gasteiger charge is 2.50. The lowest BCUT2D eigenvalue weighted by Crippen LogP contribution is -2.55. The van der Waals surface area contributed by atoms with Crippen LogP contribution in [0.5, 0.6) is 0 Å². The van der Waals surface area contributed by atoms with E-state index in [0.717, 1.165) is 19.3 Å². The van der Waals surface area contributed by atoms with Gasteiger partial charge in [-0.1, -0.05) is 30.3 Å². The number of amides is 2. The van der Waals surface area contributed by atoms with Gasteiger partial charge in [0, 0.05) is 12.8 Å². The number of nitrogen functional groups attached to an aromatic ring is 1. The van der Waals surface area contributed by atoms with Crippen LogP contribution in [0.2, 0.25) is 0 Å². The number of aromatic nitrogens is 3. The average molecular weight is 517 g/mol. The zero-order valence-corrected chi connectivity index (χ0v) is 19.9. The molecule has 0 spiro atoms. The normalized spacial score (nSPS) is 22.7. The van der Waals surface area contributed by atoms with Crippen LogP contribution in [0.25, 0.3) is 10.9 Å². The van der Waals surface area contributed by atoms with Gasteiger partial charge in [-0.3, -0.25) is 9.59 Å². The number of nitrogens with two attached hydrogens (primary N) is 1. The van der Waals surface area contributed by atoms with Gasteiger partial charge in [0.25, 0.3) is 0 Å². The second-order valence-electron chi connectivity index (χ2n) is 9.33. The summed E-state index contributed by atoms with van der Waals surface area (Å²) in [4.78, 5) is 31.2. The van der Waals surface area contributed by atoms with Gasteiger partial charge in [0.15, 0.2) is 0 Å². The smallest absolute Gasteiger partial charge is 0.383 e. The van der Waals surface area contributed by atoms with Crippen LogP contribution in [0.1, 0.15) is 56.4 Å². The van der Waals surface area contributed by atoms with Crippen LogP contribution in [-0.4, -0.2) is 50.3 Å². The van der Waals surface area contributed by atoms with E-state index in [1.54, 1.807) is 41.2 Å². The molecule has 37 heavy (non-hydrogen) atoms. The third kappa shape index (κ3) is 4.97. The van der Waals surface area contributed by atoms with E-state index in [4.69, 9.17) is 10.5 Å². The molecule has 4 heterocycles. The molecule has 0 radical (unpaired) electrons. The van der Waals surface area contributed by atoms with E-state index in [2.05, 4.69) is 15.4 Å². The van der Waals surface area contributed by atoms with Gasteiger partial charge in [-0.2, -0.15) is 18.3 Å². The maximum absolute atomic E-state index is 14.0. The van der Waals surface area contributed by atoms with Crippen molar-refractivity contribution in [1.29, 1.82) is 0 Å². The zero-order valence-electron chi connectivity index (χ0n) is 19.9. The fourth-order valence-electron chi connectivity index (χ4n) is 5.11. The minimum Gasteiger partial charge on any atom is -0.383 e. The Bertz CT molecular complexity index is 1290. The summed E-state index contributed by atoms with van der Waals surface area (Å²) in [5, 5.41) is 7.37. The number of fused-ring (bicyclic) bond motifs is 1. The fraction of sp³-hybridized carbons (Fsp3) is 0.440. The molecular weight excluding hydrogens is 489 g/mol. The van der Waals surface area contributed by atoms with Crippen LogP contribution in [0.15, 0.2) is 42.7 Å². The third-order valence-corrected chi connectivity index (χ3v) is 6.91. The van der Waals surface area contributed by atoms with Gasteiger partial charge < -0.3 is 20.7 Å². The van der Waals surface area contributed by atoms with Gasteiger partial charge in [0.2, 0.25) is 0 Å². The lowest BCUT2D eigenvalue weighted by molar-refractivity contribution is -0.203. The van der Waals surface area contributed by atoms with E-state index >= 15 is 0 Å². The molecule has 3 aromatic rings. The van der Waals surface area contributed by atoms with Crippen molar-refractivity contribution in [2.24, 2.45) is 0 Å². The lowest BCUT2D eigenvalue weighted by atomic mass is 9.90. The number of carbonyl (C=O) groups is 2.